The highest BCUT2D eigenvalue weighted by atomic mass is 16.5. The molecule has 0 aliphatic rings. The van der Waals surface area contributed by atoms with Gasteiger partial charge in [-0.05, 0) is 37.1 Å². The lowest BCUT2D eigenvalue weighted by molar-refractivity contribution is -0.121. The predicted octanol–water partition coefficient (Wildman–Crippen LogP) is 2.76. The van der Waals surface area contributed by atoms with E-state index in [9.17, 15) is 4.79 Å². The molecular formula is C20H26N2O5. The largest absolute Gasteiger partial charge is 0.493 e. The summed E-state index contributed by atoms with van der Waals surface area (Å²) in [7, 11) is 4.69. The van der Waals surface area contributed by atoms with Crippen LogP contribution in [0.15, 0.2) is 30.5 Å². The minimum atomic E-state index is -0.0601. The first-order chi connectivity index (χ1) is 13.1. The lowest BCUT2D eigenvalue weighted by atomic mass is 10.1. The number of nitrogens with zero attached hydrogens (tertiary/aromatic N) is 1. The molecule has 0 aliphatic carbocycles. The molecule has 27 heavy (non-hydrogen) atoms. The van der Waals surface area contributed by atoms with Crippen molar-refractivity contribution in [2.45, 2.75) is 26.3 Å². The minimum Gasteiger partial charge on any atom is -0.493 e. The van der Waals surface area contributed by atoms with Gasteiger partial charge in [-0.15, -0.1) is 0 Å². The number of aryl methyl sites for hydroxylation is 1. The summed E-state index contributed by atoms with van der Waals surface area (Å²) in [5, 5.41) is 2.90. The number of hydrogen-bond donors (Lipinski definition) is 1. The zero-order chi connectivity index (χ0) is 19.6. The number of nitrogens with one attached hydrogen (secondary N) is 1. The zero-order valence-corrected chi connectivity index (χ0v) is 16.2. The Kier molecular flexibility index (Phi) is 7.73. The van der Waals surface area contributed by atoms with Gasteiger partial charge < -0.3 is 24.3 Å². The van der Waals surface area contributed by atoms with E-state index in [1.165, 1.54) is 0 Å². The van der Waals surface area contributed by atoms with Gasteiger partial charge in [-0.1, -0.05) is 6.07 Å². The Hall–Kier alpha value is -2.96. The fourth-order valence-corrected chi connectivity index (χ4v) is 2.65. The number of aromatic nitrogens is 1. The summed E-state index contributed by atoms with van der Waals surface area (Å²) in [6, 6.07) is 7.41. The molecule has 1 amide bonds. The number of carbonyl (C=O) groups is 1. The fourth-order valence-electron chi connectivity index (χ4n) is 2.65. The number of benzene rings is 1. The summed E-state index contributed by atoms with van der Waals surface area (Å²) in [6.45, 7) is 2.80. The second-order valence-corrected chi connectivity index (χ2v) is 5.71. The molecule has 0 atom stereocenters. The maximum Gasteiger partial charge on any atom is 0.220 e. The first kappa shape index (κ1) is 20.4. The summed E-state index contributed by atoms with van der Waals surface area (Å²) in [5.41, 5.74) is 1.77. The third kappa shape index (κ3) is 5.51. The minimum absolute atomic E-state index is 0.0601. The number of amides is 1. The molecule has 0 bridgehead atoms. The molecule has 2 aromatic rings. The highest BCUT2D eigenvalue weighted by molar-refractivity contribution is 5.76. The van der Waals surface area contributed by atoms with Crippen molar-refractivity contribution >= 4 is 5.91 Å². The zero-order valence-electron chi connectivity index (χ0n) is 16.2. The summed E-state index contributed by atoms with van der Waals surface area (Å²) < 4.78 is 21.5. The standard InChI is InChI=1S/C20H26N2O5/c1-5-27-20-15(7-6-10-21-20)13-22-18(23)9-8-14-11-16(24-2)19(26-4)17(12-14)25-3/h6-7,10-12H,5,8-9,13H2,1-4H3,(H,22,23). The number of carbonyl (C=O) groups excluding carboxylic acids is 1. The van der Waals surface area contributed by atoms with Crippen LogP contribution in [0.25, 0.3) is 0 Å². The van der Waals surface area contributed by atoms with Crippen LogP contribution in [0.3, 0.4) is 0 Å². The van der Waals surface area contributed by atoms with Crippen LogP contribution in [0.1, 0.15) is 24.5 Å². The molecule has 0 unspecified atom stereocenters. The second-order valence-electron chi connectivity index (χ2n) is 5.71. The van der Waals surface area contributed by atoms with Crippen molar-refractivity contribution in [1.29, 1.82) is 0 Å². The Balaban J connectivity index is 1.96. The molecule has 0 fully saturated rings. The van der Waals surface area contributed by atoms with Crippen LogP contribution in [0, 0.1) is 0 Å². The van der Waals surface area contributed by atoms with Crippen molar-refractivity contribution in [2.24, 2.45) is 0 Å². The van der Waals surface area contributed by atoms with Gasteiger partial charge in [-0.3, -0.25) is 4.79 Å². The van der Waals surface area contributed by atoms with Crippen LogP contribution in [0.4, 0.5) is 0 Å². The Bertz CT molecular complexity index is 739. The Morgan fingerprint density at radius 3 is 2.41 bits per heavy atom. The number of rotatable bonds is 10. The summed E-state index contributed by atoms with van der Waals surface area (Å²) in [4.78, 5) is 16.4. The van der Waals surface area contributed by atoms with Crippen molar-refractivity contribution < 1.29 is 23.7 Å². The van der Waals surface area contributed by atoms with Crippen LogP contribution in [-0.2, 0) is 17.8 Å². The molecule has 1 aromatic carbocycles. The van der Waals surface area contributed by atoms with E-state index in [1.807, 2.05) is 31.2 Å². The fraction of sp³-hybridized carbons (Fsp3) is 0.400. The third-order valence-corrected chi connectivity index (χ3v) is 3.97. The number of pyridine rings is 1. The van der Waals surface area contributed by atoms with Crippen molar-refractivity contribution in [3.8, 4) is 23.1 Å². The maximum absolute atomic E-state index is 12.2. The molecule has 7 nitrogen and oxygen atoms in total. The summed E-state index contributed by atoms with van der Waals surface area (Å²) >= 11 is 0. The Labute approximate surface area is 159 Å². The van der Waals surface area contributed by atoms with Gasteiger partial charge in [-0.2, -0.15) is 0 Å². The molecule has 0 spiro atoms. The molecular weight excluding hydrogens is 348 g/mol. The lowest BCUT2D eigenvalue weighted by Gasteiger charge is -2.14. The Morgan fingerprint density at radius 2 is 1.81 bits per heavy atom. The van der Waals surface area contributed by atoms with Gasteiger partial charge in [0.15, 0.2) is 11.5 Å². The van der Waals surface area contributed by atoms with E-state index in [0.717, 1.165) is 11.1 Å². The highest BCUT2D eigenvalue weighted by Crippen LogP contribution is 2.38. The summed E-state index contributed by atoms with van der Waals surface area (Å²) in [5.74, 6) is 2.17. The van der Waals surface area contributed by atoms with Gasteiger partial charge in [0.05, 0.1) is 27.9 Å². The molecule has 1 N–H and O–H groups in total. The molecule has 0 saturated heterocycles. The lowest BCUT2D eigenvalue weighted by Crippen LogP contribution is -2.23. The molecule has 2 rings (SSSR count). The number of hydrogen-bond acceptors (Lipinski definition) is 6. The molecule has 1 aromatic heterocycles. The van der Waals surface area contributed by atoms with Crippen LogP contribution in [0.5, 0.6) is 23.1 Å². The van der Waals surface area contributed by atoms with Crippen molar-refractivity contribution in [2.75, 3.05) is 27.9 Å². The molecule has 0 aliphatic heterocycles. The molecule has 7 heteroatoms. The molecule has 0 saturated carbocycles. The SMILES string of the molecule is CCOc1ncccc1CNC(=O)CCc1cc(OC)c(OC)c(OC)c1. The van der Waals surface area contributed by atoms with Gasteiger partial charge in [-0.25, -0.2) is 4.98 Å². The van der Waals surface area contributed by atoms with E-state index in [4.69, 9.17) is 18.9 Å². The third-order valence-electron chi connectivity index (χ3n) is 3.97. The van der Waals surface area contributed by atoms with Crippen molar-refractivity contribution in [1.82, 2.24) is 10.3 Å². The van der Waals surface area contributed by atoms with Crippen molar-refractivity contribution in [3.63, 3.8) is 0 Å². The van der Waals surface area contributed by atoms with Gasteiger partial charge >= 0.3 is 0 Å². The maximum atomic E-state index is 12.2. The van der Waals surface area contributed by atoms with Crippen LogP contribution in [0.2, 0.25) is 0 Å². The first-order valence-corrected chi connectivity index (χ1v) is 8.75. The van der Waals surface area contributed by atoms with E-state index < -0.39 is 0 Å². The van der Waals surface area contributed by atoms with Crippen molar-refractivity contribution in [3.05, 3.63) is 41.6 Å². The predicted molar refractivity (Wildman–Crippen MR) is 102 cm³/mol. The quantitative estimate of drug-likeness (QED) is 0.689. The van der Waals surface area contributed by atoms with E-state index >= 15 is 0 Å². The summed E-state index contributed by atoms with van der Waals surface area (Å²) in [6.07, 6.45) is 2.55. The van der Waals surface area contributed by atoms with Gasteiger partial charge in [0.2, 0.25) is 17.5 Å². The van der Waals surface area contributed by atoms with E-state index in [-0.39, 0.29) is 5.91 Å². The highest BCUT2D eigenvalue weighted by Gasteiger charge is 2.14. The van der Waals surface area contributed by atoms with E-state index in [1.54, 1.807) is 27.5 Å². The van der Waals surface area contributed by atoms with Crippen LogP contribution >= 0.6 is 0 Å². The normalized spacial score (nSPS) is 10.2. The molecule has 0 radical (unpaired) electrons. The van der Waals surface area contributed by atoms with Gasteiger partial charge in [0, 0.05) is 24.7 Å². The Morgan fingerprint density at radius 1 is 1.11 bits per heavy atom. The van der Waals surface area contributed by atoms with Crippen LogP contribution in [-0.4, -0.2) is 38.8 Å². The van der Waals surface area contributed by atoms with Gasteiger partial charge in [0.1, 0.15) is 0 Å². The topological polar surface area (TPSA) is 78.9 Å². The van der Waals surface area contributed by atoms with Crippen LogP contribution < -0.4 is 24.3 Å². The van der Waals surface area contributed by atoms with E-state index in [2.05, 4.69) is 10.3 Å². The second kappa shape index (κ2) is 10.3. The smallest absolute Gasteiger partial charge is 0.220 e. The monoisotopic (exact) mass is 374 g/mol. The average Bonchev–Trinajstić information content (AvgIpc) is 2.70. The number of ether oxygens (including phenoxy) is 4. The van der Waals surface area contributed by atoms with E-state index in [0.29, 0.717) is 49.1 Å². The molecule has 146 valence electrons. The first-order valence-electron chi connectivity index (χ1n) is 8.75. The number of methoxy groups -OCH3 is 3. The van der Waals surface area contributed by atoms with Gasteiger partial charge in [0.25, 0.3) is 0 Å². The molecule has 1 heterocycles. The average molecular weight is 374 g/mol.